The Hall–Kier alpha value is -1.26. The van der Waals surface area contributed by atoms with E-state index in [2.05, 4.69) is 5.16 Å². The molecule has 0 aliphatic heterocycles. The molecule has 1 atom stereocenters. The van der Waals surface area contributed by atoms with Crippen molar-refractivity contribution in [2.24, 2.45) is 5.16 Å². The van der Waals surface area contributed by atoms with Gasteiger partial charge in [0.25, 0.3) is 0 Å². The molecule has 1 N–H and O–H groups in total. The highest BCUT2D eigenvalue weighted by atomic mass is 35.5. The highest BCUT2D eigenvalue weighted by Gasteiger charge is 2.07. The Morgan fingerprint density at radius 1 is 1.35 bits per heavy atom. The third-order valence-electron chi connectivity index (χ3n) is 1.78. The van der Waals surface area contributed by atoms with E-state index in [0.29, 0.717) is 10.8 Å². The number of hydrogen-bond donors (Lipinski definition) is 1. The molecule has 0 heterocycles. The lowest BCUT2D eigenvalue weighted by molar-refractivity contribution is 0.0142. The molecule has 1 aromatic carbocycles. The van der Waals surface area contributed by atoms with E-state index < -0.39 is 6.10 Å². The zero-order valence-electron chi connectivity index (χ0n) is 9.89. The highest BCUT2D eigenvalue weighted by Crippen LogP contribution is 2.23. The monoisotopic (exact) mass is 257 g/mol. The van der Waals surface area contributed by atoms with Gasteiger partial charge < -0.3 is 14.7 Å². The quantitative estimate of drug-likeness (QED) is 0.629. The number of aliphatic hydroxyl groups is 1. The summed E-state index contributed by atoms with van der Waals surface area (Å²) >= 11 is 5.89. The number of aliphatic hydroxyl groups excluding tert-OH is 1. The second kappa shape index (κ2) is 7.14. The van der Waals surface area contributed by atoms with Gasteiger partial charge in [0.2, 0.25) is 0 Å². The maximum atomic E-state index is 9.55. The van der Waals surface area contributed by atoms with Crippen molar-refractivity contribution in [1.82, 2.24) is 0 Å². The van der Waals surface area contributed by atoms with Gasteiger partial charge in [-0.2, -0.15) is 0 Å². The minimum absolute atomic E-state index is 0.0929. The lowest BCUT2D eigenvalue weighted by Gasteiger charge is -2.12. The van der Waals surface area contributed by atoms with Crippen molar-refractivity contribution in [3.63, 3.8) is 0 Å². The molecule has 0 saturated carbocycles. The zero-order chi connectivity index (χ0) is 12.7. The van der Waals surface area contributed by atoms with Crippen molar-refractivity contribution in [2.75, 3.05) is 13.2 Å². The summed E-state index contributed by atoms with van der Waals surface area (Å²) in [4.78, 5) is 4.90. The molecule has 0 fully saturated rings. The first kappa shape index (κ1) is 13.8. The van der Waals surface area contributed by atoms with E-state index in [-0.39, 0.29) is 13.2 Å². The van der Waals surface area contributed by atoms with Crippen LogP contribution in [0.15, 0.2) is 29.4 Å². The number of benzene rings is 1. The summed E-state index contributed by atoms with van der Waals surface area (Å²) in [5.41, 5.74) is 0.796. The second-order valence-corrected chi connectivity index (χ2v) is 4.14. The van der Waals surface area contributed by atoms with Crippen LogP contribution in [0, 0.1) is 0 Å². The topological polar surface area (TPSA) is 51.0 Å². The third-order valence-corrected chi connectivity index (χ3v) is 2.09. The maximum Gasteiger partial charge on any atom is 0.146 e. The molecule has 0 saturated heterocycles. The van der Waals surface area contributed by atoms with Crippen molar-refractivity contribution >= 4 is 17.3 Å². The van der Waals surface area contributed by atoms with E-state index in [1.54, 1.807) is 12.1 Å². The van der Waals surface area contributed by atoms with E-state index in [1.807, 2.05) is 26.0 Å². The molecule has 0 spiro atoms. The smallest absolute Gasteiger partial charge is 0.146 e. The van der Waals surface area contributed by atoms with Crippen molar-refractivity contribution < 1.29 is 14.7 Å². The van der Waals surface area contributed by atoms with Crippen molar-refractivity contribution in [3.8, 4) is 5.75 Å². The normalized spacial score (nSPS) is 11.8. The summed E-state index contributed by atoms with van der Waals surface area (Å²) in [6.45, 7) is 3.83. The fourth-order valence-corrected chi connectivity index (χ4v) is 1.24. The van der Waals surface area contributed by atoms with Crippen LogP contribution in [0.25, 0.3) is 0 Å². The molecule has 17 heavy (non-hydrogen) atoms. The van der Waals surface area contributed by atoms with Crippen LogP contribution in [0.3, 0.4) is 0 Å². The van der Waals surface area contributed by atoms with Gasteiger partial charge in [0, 0.05) is 0 Å². The predicted molar refractivity (Wildman–Crippen MR) is 67.7 cm³/mol. The Morgan fingerprint density at radius 3 is 2.71 bits per heavy atom. The number of halogens is 1. The lowest BCUT2D eigenvalue weighted by Crippen LogP contribution is -2.22. The van der Waals surface area contributed by atoms with Gasteiger partial charge in [-0.25, -0.2) is 0 Å². The molecular formula is C12H16ClNO3. The SMILES string of the molecule is CC(C)=NOC[C@@H](O)COc1ccccc1Cl. The molecule has 0 bridgehead atoms. The number of para-hydroxylation sites is 1. The molecule has 94 valence electrons. The molecule has 5 heteroatoms. The average Bonchev–Trinajstić information content (AvgIpc) is 2.27. The van der Waals surface area contributed by atoms with Crippen LogP contribution in [0.5, 0.6) is 5.75 Å². The summed E-state index contributed by atoms with van der Waals surface area (Å²) in [5, 5.41) is 13.8. The van der Waals surface area contributed by atoms with Crippen LogP contribution in [0.4, 0.5) is 0 Å². The van der Waals surface area contributed by atoms with Gasteiger partial charge in [0.05, 0.1) is 10.7 Å². The molecule has 1 rings (SSSR count). The van der Waals surface area contributed by atoms with Crippen molar-refractivity contribution in [2.45, 2.75) is 20.0 Å². The summed E-state index contributed by atoms with van der Waals surface area (Å²) < 4.78 is 5.35. The molecule has 0 aliphatic rings. The van der Waals surface area contributed by atoms with Gasteiger partial charge >= 0.3 is 0 Å². The number of ether oxygens (including phenoxy) is 1. The number of rotatable bonds is 6. The molecule has 0 amide bonds. The molecule has 1 aromatic rings. The summed E-state index contributed by atoms with van der Waals surface area (Å²) in [7, 11) is 0. The van der Waals surface area contributed by atoms with E-state index >= 15 is 0 Å². The predicted octanol–water partition coefficient (Wildman–Crippen LogP) is 2.49. The lowest BCUT2D eigenvalue weighted by atomic mass is 10.3. The van der Waals surface area contributed by atoms with Gasteiger partial charge in [0.1, 0.15) is 25.1 Å². The largest absolute Gasteiger partial charge is 0.489 e. The average molecular weight is 258 g/mol. The van der Waals surface area contributed by atoms with E-state index in [1.165, 1.54) is 0 Å². The van der Waals surface area contributed by atoms with Gasteiger partial charge in [-0.3, -0.25) is 0 Å². The molecule has 0 aromatic heterocycles. The van der Waals surface area contributed by atoms with Crippen molar-refractivity contribution in [3.05, 3.63) is 29.3 Å². The van der Waals surface area contributed by atoms with Crippen LogP contribution in [0.1, 0.15) is 13.8 Å². The van der Waals surface area contributed by atoms with Crippen LogP contribution >= 0.6 is 11.6 Å². The molecule has 4 nitrogen and oxygen atoms in total. The fraction of sp³-hybridized carbons (Fsp3) is 0.417. The Kier molecular flexibility index (Phi) is 5.80. The van der Waals surface area contributed by atoms with Crippen molar-refractivity contribution in [1.29, 1.82) is 0 Å². The Morgan fingerprint density at radius 2 is 2.06 bits per heavy atom. The molecular weight excluding hydrogens is 242 g/mol. The number of nitrogens with zero attached hydrogens (tertiary/aromatic N) is 1. The van der Waals surface area contributed by atoms with E-state index in [9.17, 15) is 5.11 Å². The first-order valence-electron chi connectivity index (χ1n) is 5.28. The summed E-state index contributed by atoms with van der Waals surface area (Å²) in [6, 6.07) is 7.09. The van der Waals surface area contributed by atoms with Crippen LogP contribution < -0.4 is 4.74 Å². The van der Waals surface area contributed by atoms with Gasteiger partial charge in [-0.1, -0.05) is 28.9 Å². The third kappa shape index (κ3) is 5.56. The molecule has 0 radical (unpaired) electrons. The first-order chi connectivity index (χ1) is 8.09. The fourth-order valence-electron chi connectivity index (χ4n) is 1.05. The van der Waals surface area contributed by atoms with E-state index in [4.69, 9.17) is 21.2 Å². The molecule has 0 aliphatic carbocycles. The Balaban J connectivity index is 2.31. The molecule has 0 unspecified atom stereocenters. The zero-order valence-corrected chi connectivity index (χ0v) is 10.6. The minimum atomic E-state index is -0.741. The standard InChI is InChI=1S/C12H16ClNO3/c1-9(2)14-17-8-10(15)7-16-12-6-4-3-5-11(12)13/h3-6,10,15H,7-8H2,1-2H3/t10-/m0/s1. The minimum Gasteiger partial charge on any atom is -0.489 e. The van der Waals surface area contributed by atoms with Gasteiger partial charge in [-0.15, -0.1) is 0 Å². The van der Waals surface area contributed by atoms with Crippen LogP contribution in [0.2, 0.25) is 5.02 Å². The van der Waals surface area contributed by atoms with Crippen LogP contribution in [-0.4, -0.2) is 30.1 Å². The summed E-state index contributed by atoms with van der Waals surface area (Å²) in [6.07, 6.45) is -0.741. The first-order valence-corrected chi connectivity index (χ1v) is 5.66. The Bertz CT molecular complexity index is 378. The van der Waals surface area contributed by atoms with Gasteiger partial charge in [-0.05, 0) is 26.0 Å². The highest BCUT2D eigenvalue weighted by molar-refractivity contribution is 6.32. The van der Waals surface area contributed by atoms with Crippen LogP contribution in [-0.2, 0) is 4.84 Å². The van der Waals surface area contributed by atoms with Gasteiger partial charge in [0.15, 0.2) is 0 Å². The number of hydrogen-bond acceptors (Lipinski definition) is 4. The Labute approximate surface area is 106 Å². The summed E-state index contributed by atoms with van der Waals surface area (Å²) in [5.74, 6) is 0.545. The maximum absolute atomic E-state index is 9.55. The number of oxime groups is 1. The van der Waals surface area contributed by atoms with E-state index in [0.717, 1.165) is 5.71 Å². The second-order valence-electron chi connectivity index (χ2n) is 3.73.